The molecular weight excluding hydrogens is 262 g/mol. The topological polar surface area (TPSA) is 55.6 Å². The second-order valence-corrected chi connectivity index (χ2v) is 6.00. The first-order chi connectivity index (χ1) is 9.99. The van der Waals surface area contributed by atoms with Crippen molar-refractivity contribution >= 4 is 0 Å². The van der Waals surface area contributed by atoms with E-state index in [9.17, 15) is 0 Å². The van der Waals surface area contributed by atoms with Gasteiger partial charge in [-0.2, -0.15) is 5.10 Å². The molecule has 1 unspecified atom stereocenters. The first kappa shape index (κ1) is 15.6. The third-order valence-corrected chi connectivity index (χ3v) is 3.65. The normalized spacial score (nSPS) is 12.9. The summed E-state index contributed by atoms with van der Waals surface area (Å²) in [5.74, 6) is 1.40. The molecule has 2 aromatic rings. The Morgan fingerprint density at radius 3 is 2.62 bits per heavy atom. The molecule has 0 aromatic carbocycles. The molecule has 1 N–H and O–H groups in total. The largest absolute Gasteiger partial charge is 0.314 e. The van der Waals surface area contributed by atoms with Crippen LogP contribution in [0.3, 0.4) is 0 Å². The van der Waals surface area contributed by atoms with Crippen LogP contribution in [0.5, 0.6) is 0 Å². The molecule has 5 nitrogen and oxygen atoms in total. The summed E-state index contributed by atoms with van der Waals surface area (Å²) in [7, 11) is 0. The van der Waals surface area contributed by atoms with E-state index < -0.39 is 0 Å². The fourth-order valence-corrected chi connectivity index (χ4v) is 2.46. The van der Waals surface area contributed by atoms with Crippen molar-refractivity contribution < 1.29 is 0 Å². The smallest absolute Gasteiger partial charge is 0.156 e. The number of aromatic nitrogens is 4. The molecule has 114 valence electrons. The van der Waals surface area contributed by atoms with Gasteiger partial charge in [-0.15, -0.1) is 0 Å². The molecule has 0 bridgehead atoms. The van der Waals surface area contributed by atoms with E-state index in [0.29, 0.717) is 12.0 Å². The summed E-state index contributed by atoms with van der Waals surface area (Å²) >= 11 is 0. The summed E-state index contributed by atoms with van der Waals surface area (Å²) in [6, 6.07) is 2.41. The standard InChI is InChI=1S/C16H25N5/c1-11(2)18-9-12(3)8-15-13(4)20-21(14(15)5)16-6-7-17-10-19-16/h6-7,10-12,18H,8-9H2,1-5H3. The first-order valence-corrected chi connectivity index (χ1v) is 7.54. The lowest BCUT2D eigenvalue weighted by atomic mass is 9.99. The molecule has 21 heavy (non-hydrogen) atoms. The summed E-state index contributed by atoms with van der Waals surface area (Å²) in [5.41, 5.74) is 3.58. The molecule has 0 aliphatic rings. The Bertz CT molecular complexity index is 574. The Morgan fingerprint density at radius 2 is 2.00 bits per heavy atom. The molecule has 0 aliphatic heterocycles. The van der Waals surface area contributed by atoms with Crippen molar-refractivity contribution in [2.45, 2.75) is 47.1 Å². The van der Waals surface area contributed by atoms with Crippen molar-refractivity contribution in [1.82, 2.24) is 25.1 Å². The summed E-state index contributed by atoms with van der Waals surface area (Å²) < 4.78 is 1.91. The van der Waals surface area contributed by atoms with Gasteiger partial charge in [-0.05, 0) is 38.3 Å². The van der Waals surface area contributed by atoms with Gasteiger partial charge in [0.15, 0.2) is 5.82 Å². The van der Waals surface area contributed by atoms with E-state index in [1.165, 1.54) is 11.3 Å². The van der Waals surface area contributed by atoms with Gasteiger partial charge in [0.1, 0.15) is 6.33 Å². The molecule has 5 heteroatoms. The van der Waals surface area contributed by atoms with E-state index in [0.717, 1.165) is 24.5 Å². The van der Waals surface area contributed by atoms with Gasteiger partial charge in [0, 0.05) is 24.0 Å². The van der Waals surface area contributed by atoms with Crippen molar-refractivity contribution in [2.24, 2.45) is 5.92 Å². The predicted octanol–water partition coefficient (Wildman–Crippen LogP) is 2.46. The number of hydrogen-bond donors (Lipinski definition) is 1. The number of hydrogen-bond acceptors (Lipinski definition) is 4. The average Bonchev–Trinajstić information content (AvgIpc) is 2.74. The maximum absolute atomic E-state index is 4.63. The van der Waals surface area contributed by atoms with Crippen LogP contribution in [0, 0.1) is 19.8 Å². The van der Waals surface area contributed by atoms with Crippen molar-refractivity contribution in [3.8, 4) is 5.82 Å². The minimum Gasteiger partial charge on any atom is -0.314 e. The Hall–Kier alpha value is -1.75. The minimum atomic E-state index is 0.526. The highest BCUT2D eigenvalue weighted by Gasteiger charge is 2.16. The first-order valence-electron chi connectivity index (χ1n) is 7.54. The van der Waals surface area contributed by atoms with Crippen LogP contribution in [-0.2, 0) is 6.42 Å². The van der Waals surface area contributed by atoms with E-state index in [1.54, 1.807) is 12.5 Å². The molecular formula is C16H25N5. The zero-order chi connectivity index (χ0) is 15.4. The quantitative estimate of drug-likeness (QED) is 0.886. The lowest BCUT2D eigenvalue weighted by Crippen LogP contribution is -2.28. The average molecular weight is 287 g/mol. The Balaban J connectivity index is 2.16. The van der Waals surface area contributed by atoms with Crippen LogP contribution in [0.2, 0.25) is 0 Å². The van der Waals surface area contributed by atoms with Gasteiger partial charge in [0.25, 0.3) is 0 Å². The second-order valence-electron chi connectivity index (χ2n) is 6.00. The van der Waals surface area contributed by atoms with Crippen molar-refractivity contribution in [3.05, 3.63) is 35.5 Å². The Kier molecular flexibility index (Phi) is 5.07. The molecule has 2 rings (SSSR count). The molecule has 0 saturated carbocycles. The predicted molar refractivity (Wildman–Crippen MR) is 84.6 cm³/mol. The second kappa shape index (κ2) is 6.80. The molecule has 0 saturated heterocycles. The van der Waals surface area contributed by atoms with Gasteiger partial charge in [-0.3, -0.25) is 0 Å². The van der Waals surface area contributed by atoms with Gasteiger partial charge in [-0.25, -0.2) is 14.6 Å². The van der Waals surface area contributed by atoms with E-state index >= 15 is 0 Å². The molecule has 0 fully saturated rings. The Labute approximate surface area is 126 Å². The van der Waals surface area contributed by atoms with E-state index in [1.807, 2.05) is 10.7 Å². The number of nitrogens with one attached hydrogen (secondary N) is 1. The van der Waals surface area contributed by atoms with E-state index in [-0.39, 0.29) is 0 Å². The fourth-order valence-electron chi connectivity index (χ4n) is 2.46. The summed E-state index contributed by atoms with van der Waals surface area (Å²) in [6.45, 7) is 11.8. The molecule has 1 atom stereocenters. The highest BCUT2D eigenvalue weighted by molar-refractivity contribution is 5.31. The SMILES string of the molecule is Cc1nn(-c2ccncn2)c(C)c1CC(C)CNC(C)C. The number of rotatable bonds is 6. The van der Waals surface area contributed by atoms with Crippen LogP contribution in [-0.4, -0.2) is 32.3 Å². The molecule has 0 amide bonds. The molecule has 2 aromatic heterocycles. The number of nitrogens with zero attached hydrogens (tertiary/aromatic N) is 4. The summed E-state index contributed by atoms with van der Waals surface area (Å²) in [4.78, 5) is 8.24. The molecule has 2 heterocycles. The monoisotopic (exact) mass is 287 g/mol. The summed E-state index contributed by atoms with van der Waals surface area (Å²) in [5, 5.41) is 8.13. The molecule has 0 radical (unpaired) electrons. The van der Waals surface area contributed by atoms with E-state index in [4.69, 9.17) is 0 Å². The zero-order valence-electron chi connectivity index (χ0n) is 13.6. The lowest BCUT2D eigenvalue weighted by molar-refractivity contribution is 0.474. The van der Waals surface area contributed by atoms with Crippen LogP contribution in [0.1, 0.15) is 37.7 Å². The van der Waals surface area contributed by atoms with Crippen molar-refractivity contribution in [1.29, 1.82) is 0 Å². The third kappa shape index (κ3) is 3.88. The van der Waals surface area contributed by atoms with Crippen molar-refractivity contribution in [3.63, 3.8) is 0 Å². The van der Waals surface area contributed by atoms with Crippen LogP contribution < -0.4 is 5.32 Å². The fraction of sp³-hybridized carbons (Fsp3) is 0.562. The summed E-state index contributed by atoms with van der Waals surface area (Å²) in [6.07, 6.45) is 4.33. The zero-order valence-corrected chi connectivity index (χ0v) is 13.6. The molecule has 0 aliphatic carbocycles. The highest BCUT2D eigenvalue weighted by Crippen LogP contribution is 2.19. The van der Waals surface area contributed by atoms with E-state index in [2.05, 4.69) is 55.0 Å². The van der Waals surface area contributed by atoms with Crippen molar-refractivity contribution in [2.75, 3.05) is 6.54 Å². The maximum atomic E-state index is 4.63. The lowest BCUT2D eigenvalue weighted by Gasteiger charge is -2.15. The van der Waals surface area contributed by atoms with Crippen LogP contribution in [0.25, 0.3) is 5.82 Å². The minimum absolute atomic E-state index is 0.526. The van der Waals surface area contributed by atoms with Gasteiger partial charge in [0.2, 0.25) is 0 Å². The van der Waals surface area contributed by atoms with Gasteiger partial charge < -0.3 is 5.32 Å². The van der Waals surface area contributed by atoms with Gasteiger partial charge in [-0.1, -0.05) is 20.8 Å². The Morgan fingerprint density at radius 1 is 1.24 bits per heavy atom. The number of aryl methyl sites for hydroxylation is 1. The molecule has 0 spiro atoms. The highest BCUT2D eigenvalue weighted by atomic mass is 15.3. The van der Waals surface area contributed by atoms with Gasteiger partial charge >= 0.3 is 0 Å². The maximum Gasteiger partial charge on any atom is 0.156 e. The van der Waals surface area contributed by atoms with Crippen LogP contribution in [0.4, 0.5) is 0 Å². The van der Waals surface area contributed by atoms with Gasteiger partial charge in [0.05, 0.1) is 5.69 Å². The third-order valence-electron chi connectivity index (χ3n) is 3.65. The van der Waals surface area contributed by atoms with Crippen LogP contribution in [0.15, 0.2) is 18.6 Å². The van der Waals surface area contributed by atoms with Crippen LogP contribution >= 0.6 is 0 Å².